The van der Waals surface area contributed by atoms with Crippen molar-refractivity contribution in [2.24, 2.45) is 0 Å². The average molecular weight is 393 g/mol. The van der Waals surface area contributed by atoms with Gasteiger partial charge in [-0.15, -0.1) is 0 Å². The third-order valence-corrected chi connectivity index (χ3v) is 3.79. The molecule has 0 fully saturated rings. The van der Waals surface area contributed by atoms with Gasteiger partial charge in [-0.3, -0.25) is 14.5 Å². The molecular formula is C18H18F3N5O2. The molecule has 0 saturated carbocycles. The second kappa shape index (κ2) is 8.24. The molecule has 0 aliphatic heterocycles. The van der Waals surface area contributed by atoms with Crippen LogP contribution >= 0.6 is 0 Å². The van der Waals surface area contributed by atoms with Gasteiger partial charge in [-0.1, -0.05) is 0 Å². The zero-order chi connectivity index (χ0) is 20.1. The fraction of sp³-hybridized carbons (Fsp3) is 0.333. The molecule has 0 radical (unpaired) electrons. The van der Waals surface area contributed by atoms with E-state index < -0.39 is 12.8 Å². The van der Waals surface area contributed by atoms with Gasteiger partial charge >= 0.3 is 6.18 Å². The summed E-state index contributed by atoms with van der Waals surface area (Å²) in [6, 6.07) is 4.84. The van der Waals surface area contributed by atoms with E-state index in [0.29, 0.717) is 29.9 Å². The van der Waals surface area contributed by atoms with Gasteiger partial charge in [-0.25, -0.2) is 4.98 Å². The Labute approximate surface area is 158 Å². The Morgan fingerprint density at radius 3 is 2.79 bits per heavy atom. The summed E-state index contributed by atoms with van der Waals surface area (Å²) >= 11 is 0. The molecule has 0 saturated heterocycles. The summed E-state index contributed by atoms with van der Waals surface area (Å²) in [5.41, 5.74) is 1.97. The second-order valence-electron chi connectivity index (χ2n) is 6.05. The van der Waals surface area contributed by atoms with Crippen LogP contribution in [0.25, 0.3) is 10.9 Å². The Kier molecular flexibility index (Phi) is 5.76. The summed E-state index contributed by atoms with van der Waals surface area (Å²) in [6.07, 6.45) is 0.441. The molecule has 3 heterocycles. The Morgan fingerprint density at radius 1 is 1.25 bits per heavy atom. The summed E-state index contributed by atoms with van der Waals surface area (Å²) < 4.78 is 43.2. The number of rotatable bonds is 7. The van der Waals surface area contributed by atoms with Gasteiger partial charge in [0.25, 0.3) is 0 Å². The second-order valence-corrected chi connectivity index (χ2v) is 6.05. The minimum atomic E-state index is -4.43. The van der Waals surface area contributed by atoms with Crippen molar-refractivity contribution in [1.82, 2.24) is 25.1 Å². The Balaban J connectivity index is 1.77. The molecule has 3 rings (SSSR count). The summed E-state index contributed by atoms with van der Waals surface area (Å²) in [5, 5.41) is 7.91. The largest absolute Gasteiger partial charge is 0.468 e. The summed E-state index contributed by atoms with van der Waals surface area (Å²) in [4.78, 5) is 19.9. The highest BCUT2D eigenvalue weighted by molar-refractivity contribution is 5.86. The molecule has 28 heavy (non-hydrogen) atoms. The van der Waals surface area contributed by atoms with Gasteiger partial charge in [0.05, 0.1) is 24.2 Å². The topological polar surface area (TPSA) is 81.9 Å². The molecule has 0 spiro atoms. The fourth-order valence-corrected chi connectivity index (χ4v) is 2.65. The van der Waals surface area contributed by atoms with E-state index >= 15 is 0 Å². The number of nitrogens with zero attached hydrogens (tertiary/aromatic N) is 4. The van der Waals surface area contributed by atoms with Crippen LogP contribution in [0.5, 0.6) is 5.88 Å². The molecule has 0 aromatic carbocycles. The molecule has 3 aromatic heterocycles. The number of alkyl halides is 3. The maximum atomic E-state index is 12.3. The van der Waals surface area contributed by atoms with Crippen molar-refractivity contribution in [3.8, 4) is 5.88 Å². The molecule has 0 aliphatic rings. The van der Waals surface area contributed by atoms with E-state index in [9.17, 15) is 18.0 Å². The zero-order valence-corrected chi connectivity index (χ0v) is 15.0. The SMILES string of the molecule is CCNC(=O)Cc1nccc2nn(Cc3ccnc(OCC(F)(F)F)c3)cc12. The van der Waals surface area contributed by atoms with Crippen molar-refractivity contribution in [1.29, 1.82) is 0 Å². The number of carbonyl (C=O) groups excluding carboxylic acids is 1. The first kappa shape index (κ1) is 19.6. The zero-order valence-electron chi connectivity index (χ0n) is 15.0. The molecule has 3 aromatic rings. The quantitative estimate of drug-likeness (QED) is 0.667. The highest BCUT2D eigenvalue weighted by Gasteiger charge is 2.28. The Hall–Kier alpha value is -3.17. The van der Waals surface area contributed by atoms with Crippen molar-refractivity contribution in [2.45, 2.75) is 26.1 Å². The molecule has 1 amide bonds. The highest BCUT2D eigenvalue weighted by atomic mass is 19.4. The third kappa shape index (κ3) is 5.18. The number of pyridine rings is 2. The number of hydrogen-bond acceptors (Lipinski definition) is 5. The number of nitrogens with one attached hydrogen (secondary N) is 1. The van der Waals surface area contributed by atoms with Crippen LogP contribution in [0.4, 0.5) is 13.2 Å². The fourth-order valence-electron chi connectivity index (χ4n) is 2.65. The maximum Gasteiger partial charge on any atom is 0.422 e. The van der Waals surface area contributed by atoms with Crippen molar-refractivity contribution in [3.05, 3.63) is 48.0 Å². The number of amides is 1. The normalized spacial score (nSPS) is 11.6. The third-order valence-electron chi connectivity index (χ3n) is 3.79. The molecule has 148 valence electrons. The van der Waals surface area contributed by atoms with Gasteiger partial charge in [0, 0.05) is 36.6 Å². The van der Waals surface area contributed by atoms with Gasteiger partial charge in [-0.2, -0.15) is 18.3 Å². The molecule has 0 unspecified atom stereocenters. The van der Waals surface area contributed by atoms with Crippen LogP contribution in [0.15, 0.2) is 36.8 Å². The Morgan fingerprint density at radius 2 is 2.04 bits per heavy atom. The minimum absolute atomic E-state index is 0.106. The van der Waals surface area contributed by atoms with E-state index in [2.05, 4.69) is 25.1 Å². The number of hydrogen-bond donors (Lipinski definition) is 1. The lowest BCUT2D eigenvalue weighted by Gasteiger charge is -2.09. The van der Waals surface area contributed by atoms with Gasteiger partial charge in [0.2, 0.25) is 11.8 Å². The average Bonchev–Trinajstić information content (AvgIpc) is 3.03. The number of aromatic nitrogens is 4. The Bertz CT molecular complexity index is 971. The number of carbonyl (C=O) groups is 1. The predicted octanol–water partition coefficient (Wildman–Crippen LogP) is 2.49. The lowest BCUT2D eigenvalue weighted by atomic mass is 10.2. The van der Waals surface area contributed by atoms with E-state index in [4.69, 9.17) is 0 Å². The highest BCUT2D eigenvalue weighted by Crippen LogP contribution is 2.19. The lowest BCUT2D eigenvalue weighted by Crippen LogP contribution is -2.24. The number of halogens is 3. The van der Waals surface area contributed by atoms with E-state index in [1.54, 1.807) is 29.2 Å². The van der Waals surface area contributed by atoms with Crippen LogP contribution in [-0.4, -0.2) is 45.0 Å². The van der Waals surface area contributed by atoms with Crippen LogP contribution in [-0.2, 0) is 17.8 Å². The van der Waals surface area contributed by atoms with Crippen LogP contribution in [0, 0.1) is 0 Å². The van der Waals surface area contributed by atoms with Crippen LogP contribution in [0.2, 0.25) is 0 Å². The van der Waals surface area contributed by atoms with Crippen LogP contribution < -0.4 is 10.1 Å². The van der Waals surface area contributed by atoms with E-state index in [0.717, 1.165) is 5.39 Å². The maximum absolute atomic E-state index is 12.3. The van der Waals surface area contributed by atoms with Crippen LogP contribution in [0.3, 0.4) is 0 Å². The molecular weight excluding hydrogens is 375 g/mol. The first-order valence-electron chi connectivity index (χ1n) is 8.56. The molecule has 10 heteroatoms. The number of ether oxygens (including phenoxy) is 1. The molecule has 1 N–H and O–H groups in total. The molecule has 0 atom stereocenters. The molecule has 0 bridgehead atoms. The summed E-state index contributed by atoms with van der Waals surface area (Å²) in [6.45, 7) is 1.28. The minimum Gasteiger partial charge on any atom is -0.468 e. The number of fused-ring (bicyclic) bond motifs is 1. The van der Waals surface area contributed by atoms with Crippen molar-refractivity contribution in [3.63, 3.8) is 0 Å². The first-order chi connectivity index (χ1) is 13.3. The van der Waals surface area contributed by atoms with Gasteiger partial charge in [0.15, 0.2) is 6.61 Å². The van der Waals surface area contributed by atoms with Crippen molar-refractivity contribution < 1.29 is 22.7 Å². The van der Waals surface area contributed by atoms with Gasteiger partial charge in [-0.05, 0) is 24.6 Å². The van der Waals surface area contributed by atoms with Crippen molar-refractivity contribution >= 4 is 16.8 Å². The van der Waals surface area contributed by atoms with E-state index in [1.807, 2.05) is 6.92 Å². The smallest absolute Gasteiger partial charge is 0.422 e. The van der Waals surface area contributed by atoms with Crippen LogP contribution in [0.1, 0.15) is 18.2 Å². The predicted molar refractivity (Wildman–Crippen MR) is 94.8 cm³/mol. The van der Waals surface area contributed by atoms with E-state index in [-0.39, 0.29) is 18.2 Å². The molecule has 7 nitrogen and oxygen atoms in total. The summed E-state index contributed by atoms with van der Waals surface area (Å²) in [5.74, 6) is -0.235. The lowest BCUT2D eigenvalue weighted by molar-refractivity contribution is -0.154. The van der Waals surface area contributed by atoms with E-state index in [1.165, 1.54) is 12.3 Å². The van der Waals surface area contributed by atoms with Crippen molar-refractivity contribution in [2.75, 3.05) is 13.2 Å². The molecule has 0 aliphatic carbocycles. The van der Waals surface area contributed by atoms with Gasteiger partial charge in [0.1, 0.15) is 0 Å². The summed E-state index contributed by atoms with van der Waals surface area (Å²) in [7, 11) is 0. The first-order valence-corrected chi connectivity index (χ1v) is 8.56. The standard InChI is InChI=1S/C18H18F3N5O2/c1-2-22-16(27)8-15-13-10-26(25-14(13)4-6-23-15)9-12-3-5-24-17(7-12)28-11-18(19,20)21/h3-7,10H,2,8-9,11H2,1H3,(H,22,27). The monoisotopic (exact) mass is 393 g/mol. The van der Waals surface area contributed by atoms with Gasteiger partial charge < -0.3 is 10.1 Å². The number of likely N-dealkylation sites (N-methyl/N-ethyl adjacent to an activating group) is 1.